The van der Waals surface area contributed by atoms with Gasteiger partial charge in [0.2, 0.25) is 5.91 Å². The summed E-state index contributed by atoms with van der Waals surface area (Å²) in [6, 6.07) is 9.09. The number of hydrazine groups is 1. The van der Waals surface area contributed by atoms with Crippen molar-refractivity contribution in [2.24, 2.45) is 5.92 Å². The summed E-state index contributed by atoms with van der Waals surface area (Å²) in [4.78, 5) is 59.0. The van der Waals surface area contributed by atoms with Gasteiger partial charge >= 0.3 is 5.97 Å². The summed E-state index contributed by atoms with van der Waals surface area (Å²) >= 11 is 11.8. The largest absolute Gasteiger partial charge is 0.457 e. The summed E-state index contributed by atoms with van der Waals surface area (Å²) < 4.78 is 4.99. The van der Waals surface area contributed by atoms with Crippen LogP contribution >= 0.6 is 23.2 Å². The Labute approximate surface area is 191 Å². The van der Waals surface area contributed by atoms with Gasteiger partial charge in [-0.05, 0) is 30.3 Å². The first kappa shape index (κ1) is 23.2. The summed E-state index contributed by atoms with van der Waals surface area (Å²) in [5.74, 6) is -3.38. The number of hydrogen-bond acceptors (Lipinski definition) is 7. The third kappa shape index (κ3) is 5.40. The molecule has 1 fully saturated rings. The van der Waals surface area contributed by atoms with Crippen molar-refractivity contribution in [3.63, 3.8) is 0 Å². The minimum absolute atomic E-state index is 0.0994. The van der Waals surface area contributed by atoms with Crippen LogP contribution in [0.25, 0.3) is 0 Å². The molecule has 1 N–H and O–H groups in total. The second-order valence-electron chi connectivity index (χ2n) is 6.81. The highest BCUT2D eigenvalue weighted by Crippen LogP contribution is 2.22. The number of ketones is 1. The molecule has 166 valence electrons. The number of hydrogen-bond donors (Lipinski definition) is 1. The lowest BCUT2D eigenvalue weighted by Gasteiger charge is -2.18. The minimum atomic E-state index is -0.881. The molecule has 32 heavy (non-hydrogen) atoms. The first-order valence-corrected chi connectivity index (χ1v) is 9.92. The molecule has 0 bridgehead atoms. The predicted molar refractivity (Wildman–Crippen MR) is 112 cm³/mol. The van der Waals surface area contributed by atoms with Gasteiger partial charge in [0.05, 0.1) is 28.0 Å². The lowest BCUT2D eigenvalue weighted by atomic mass is 10.1. The normalized spacial score (nSPS) is 15.4. The van der Waals surface area contributed by atoms with Gasteiger partial charge < -0.3 is 4.74 Å². The molecule has 0 aromatic heterocycles. The van der Waals surface area contributed by atoms with Crippen LogP contribution in [-0.4, -0.2) is 46.7 Å². The number of nitrogens with one attached hydrogen (secondary N) is 1. The highest BCUT2D eigenvalue weighted by molar-refractivity contribution is 6.36. The first-order valence-electron chi connectivity index (χ1n) is 9.16. The van der Waals surface area contributed by atoms with E-state index in [2.05, 4.69) is 5.43 Å². The predicted octanol–water partition coefficient (Wildman–Crippen LogP) is 2.82. The van der Waals surface area contributed by atoms with Crippen molar-refractivity contribution in [3.05, 3.63) is 73.8 Å². The van der Waals surface area contributed by atoms with Crippen LogP contribution in [0.2, 0.25) is 10.0 Å². The number of rotatable bonds is 7. The van der Waals surface area contributed by atoms with Crippen LogP contribution in [0.5, 0.6) is 0 Å². The molecule has 1 aliphatic rings. The quantitative estimate of drug-likeness (QED) is 0.279. The second kappa shape index (κ2) is 9.75. The number of nitrogens with zero attached hydrogens (tertiary/aromatic N) is 2. The van der Waals surface area contributed by atoms with E-state index in [1.165, 1.54) is 30.3 Å². The number of amides is 2. The molecule has 1 aliphatic heterocycles. The van der Waals surface area contributed by atoms with Gasteiger partial charge in [-0.15, -0.1) is 0 Å². The van der Waals surface area contributed by atoms with E-state index in [0.29, 0.717) is 5.02 Å². The summed E-state index contributed by atoms with van der Waals surface area (Å²) in [6.07, 6.45) is -0.209. The van der Waals surface area contributed by atoms with Gasteiger partial charge in [0, 0.05) is 29.1 Å². The average molecular weight is 480 g/mol. The first-order chi connectivity index (χ1) is 15.2. The lowest BCUT2D eigenvalue weighted by Crippen LogP contribution is -2.43. The molecule has 2 amide bonds. The third-order valence-corrected chi connectivity index (χ3v) is 5.16. The zero-order chi connectivity index (χ0) is 23.4. The molecular formula is C20H15Cl2N3O7. The Morgan fingerprint density at radius 1 is 1.16 bits per heavy atom. The van der Waals surface area contributed by atoms with Gasteiger partial charge in [0.25, 0.3) is 11.6 Å². The number of nitro benzene ring substituents is 1. The second-order valence-corrected chi connectivity index (χ2v) is 7.65. The van der Waals surface area contributed by atoms with Gasteiger partial charge in [0.1, 0.15) is 0 Å². The zero-order valence-corrected chi connectivity index (χ0v) is 17.8. The highest BCUT2D eigenvalue weighted by atomic mass is 35.5. The average Bonchev–Trinajstić information content (AvgIpc) is 3.12. The fraction of sp³-hybridized carbons (Fsp3) is 0.200. The Bertz CT molecular complexity index is 1100. The number of Topliss-reactive ketones (excluding diaryl/α,β-unsaturated/α-hetero) is 1. The van der Waals surface area contributed by atoms with Gasteiger partial charge in [-0.25, -0.2) is 0 Å². The van der Waals surface area contributed by atoms with Gasteiger partial charge in [-0.1, -0.05) is 23.2 Å². The van der Waals surface area contributed by atoms with Crippen LogP contribution in [-0.2, 0) is 14.3 Å². The van der Waals surface area contributed by atoms with Crippen molar-refractivity contribution in [1.82, 2.24) is 10.4 Å². The molecule has 0 saturated carbocycles. The van der Waals surface area contributed by atoms with Crippen molar-refractivity contribution in [2.75, 3.05) is 13.2 Å². The number of esters is 1. The van der Waals surface area contributed by atoms with E-state index in [1.54, 1.807) is 0 Å². The van der Waals surface area contributed by atoms with E-state index in [4.69, 9.17) is 27.9 Å². The molecule has 0 aliphatic carbocycles. The molecule has 1 heterocycles. The molecule has 2 aromatic rings. The van der Waals surface area contributed by atoms with Crippen molar-refractivity contribution >= 4 is 52.5 Å². The van der Waals surface area contributed by atoms with E-state index >= 15 is 0 Å². The molecule has 2 aromatic carbocycles. The molecule has 0 unspecified atom stereocenters. The molecule has 0 radical (unpaired) electrons. The smallest absolute Gasteiger partial charge is 0.311 e. The van der Waals surface area contributed by atoms with E-state index in [1.807, 2.05) is 0 Å². The SMILES string of the molecule is O=C(COC(=O)[C@H]1CC(=O)N(NC(=O)c2ccc(Cl)cc2Cl)C1)c1ccc([N+](=O)[O-])cc1. The summed E-state index contributed by atoms with van der Waals surface area (Å²) in [5.41, 5.74) is 2.45. The maximum Gasteiger partial charge on any atom is 0.311 e. The fourth-order valence-corrected chi connectivity index (χ4v) is 3.43. The van der Waals surface area contributed by atoms with Crippen LogP contribution in [0, 0.1) is 16.0 Å². The lowest BCUT2D eigenvalue weighted by molar-refractivity contribution is -0.384. The molecular weight excluding hydrogens is 465 g/mol. The van der Waals surface area contributed by atoms with E-state index in [-0.39, 0.29) is 34.8 Å². The Balaban J connectivity index is 1.53. The van der Waals surface area contributed by atoms with Crippen molar-refractivity contribution in [2.45, 2.75) is 6.42 Å². The number of ether oxygens (including phenoxy) is 1. The van der Waals surface area contributed by atoms with Crippen molar-refractivity contribution in [3.8, 4) is 0 Å². The number of halogens is 2. The maximum absolute atomic E-state index is 12.4. The number of carbonyl (C=O) groups excluding carboxylic acids is 4. The maximum atomic E-state index is 12.4. The highest BCUT2D eigenvalue weighted by Gasteiger charge is 2.37. The van der Waals surface area contributed by atoms with Crippen molar-refractivity contribution < 1.29 is 28.8 Å². The van der Waals surface area contributed by atoms with Crippen molar-refractivity contribution in [1.29, 1.82) is 0 Å². The molecule has 1 saturated heterocycles. The topological polar surface area (TPSA) is 136 Å². The van der Waals surface area contributed by atoms with E-state index in [9.17, 15) is 29.3 Å². The molecule has 10 nitrogen and oxygen atoms in total. The summed E-state index contributed by atoms with van der Waals surface area (Å²) in [5, 5.41) is 12.1. The van der Waals surface area contributed by atoms with E-state index in [0.717, 1.165) is 17.1 Å². The summed E-state index contributed by atoms with van der Waals surface area (Å²) in [7, 11) is 0. The Hall–Kier alpha value is -3.50. The fourth-order valence-electron chi connectivity index (χ4n) is 2.94. The minimum Gasteiger partial charge on any atom is -0.457 e. The number of carbonyl (C=O) groups is 4. The Kier molecular flexibility index (Phi) is 7.06. The molecule has 3 rings (SSSR count). The number of non-ortho nitro benzene ring substituents is 1. The van der Waals surface area contributed by atoms with Gasteiger partial charge in [-0.2, -0.15) is 0 Å². The molecule has 12 heteroatoms. The van der Waals surface area contributed by atoms with Crippen LogP contribution in [0.3, 0.4) is 0 Å². The van der Waals surface area contributed by atoms with Crippen LogP contribution in [0.15, 0.2) is 42.5 Å². The third-order valence-electron chi connectivity index (χ3n) is 4.62. The van der Waals surface area contributed by atoms with Gasteiger partial charge in [-0.3, -0.25) is 39.7 Å². The Morgan fingerprint density at radius 3 is 2.47 bits per heavy atom. The zero-order valence-electron chi connectivity index (χ0n) is 16.2. The number of nitro groups is 1. The summed E-state index contributed by atoms with van der Waals surface area (Å²) in [6.45, 7) is -0.728. The van der Waals surface area contributed by atoms with E-state index < -0.39 is 41.0 Å². The monoisotopic (exact) mass is 479 g/mol. The van der Waals surface area contributed by atoms with Crippen LogP contribution < -0.4 is 5.43 Å². The van der Waals surface area contributed by atoms with Crippen LogP contribution in [0.4, 0.5) is 5.69 Å². The standard InChI is InChI=1S/C20H15Cl2N3O7/c21-13-3-6-15(16(22)8-13)19(28)23-24-9-12(7-18(24)27)20(29)32-10-17(26)11-1-4-14(5-2-11)25(30)31/h1-6,8,12H,7,9-10H2,(H,23,28)/t12-/m0/s1. The molecule has 1 atom stereocenters. The number of benzene rings is 2. The molecule has 0 spiro atoms. The van der Waals surface area contributed by atoms with Gasteiger partial charge in [0.15, 0.2) is 12.4 Å². The Morgan fingerprint density at radius 2 is 1.84 bits per heavy atom. The van der Waals surface area contributed by atoms with Crippen LogP contribution in [0.1, 0.15) is 27.1 Å².